The summed E-state index contributed by atoms with van der Waals surface area (Å²) in [4.78, 5) is 11.1. The lowest BCUT2D eigenvalue weighted by molar-refractivity contribution is -0.147. The Morgan fingerprint density at radius 1 is 1.33 bits per heavy atom. The van der Waals surface area contributed by atoms with Crippen LogP contribution in [0.15, 0.2) is 12.1 Å². The van der Waals surface area contributed by atoms with Crippen LogP contribution in [0.4, 0.5) is 0 Å². The minimum absolute atomic E-state index is 0.599. The lowest BCUT2D eigenvalue weighted by atomic mass is 9.86. The molecule has 18 heavy (non-hydrogen) atoms. The Balaban J connectivity index is 2.94. The number of carbonyl (C=O) groups is 1. The lowest BCUT2D eigenvalue weighted by Gasteiger charge is -2.20. The van der Waals surface area contributed by atoms with Gasteiger partial charge in [0.25, 0.3) is 0 Å². The molecule has 3 heteroatoms. The zero-order valence-electron chi connectivity index (χ0n) is 11.8. The lowest BCUT2D eigenvalue weighted by Crippen LogP contribution is -2.24. The Hall–Kier alpha value is -1.51. The van der Waals surface area contributed by atoms with Crippen molar-refractivity contribution >= 4 is 5.97 Å². The van der Waals surface area contributed by atoms with E-state index in [4.69, 9.17) is 9.84 Å². The molecule has 0 radical (unpaired) electrons. The van der Waals surface area contributed by atoms with E-state index in [9.17, 15) is 4.79 Å². The van der Waals surface area contributed by atoms with E-state index >= 15 is 0 Å². The fourth-order valence-corrected chi connectivity index (χ4v) is 2.07. The highest BCUT2D eigenvalue weighted by atomic mass is 16.5. The van der Waals surface area contributed by atoms with Gasteiger partial charge in [0, 0.05) is 0 Å². The number of hydrogen-bond acceptors (Lipinski definition) is 2. The fraction of sp³-hybridized carbons (Fsp3) is 0.533. The number of hydrogen-bond donors (Lipinski definition) is 1. The molecule has 1 rings (SSSR count). The number of benzene rings is 1. The molecule has 0 aliphatic rings. The molecule has 100 valence electrons. The summed E-state index contributed by atoms with van der Waals surface area (Å²) in [5.74, 6) is 0.118. The Morgan fingerprint density at radius 2 is 1.94 bits per heavy atom. The second-order valence-electron chi connectivity index (χ2n) is 5.46. The number of aliphatic carboxylic acids is 1. The zero-order valence-corrected chi connectivity index (χ0v) is 11.8. The predicted octanol–water partition coefficient (Wildman–Crippen LogP) is 3.36. The number of rotatable bonds is 5. The van der Waals surface area contributed by atoms with Crippen molar-refractivity contribution in [1.29, 1.82) is 0 Å². The number of ether oxygens (including phenoxy) is 1. The molecular formula is C15H22O3. The number of carboxylic acid groups (broad SMARTS) is 1. The van der Waals surface area contributed by atoms with Crippen LogP contribution in [-0.4, -0.2) is 18.2 Å². The van der Waals surface area contributed by atoms with Crippen molar-refractivity contribution < 1.29 is 14.6 Å². The second-order valence-corrected chi connectivity index (χ2v) is 5.46. The zero-order chi connectivity index (χ0) is 13.9. The Labute approximate surface area is 109 Å². The molecule has 1 aromatic rings. The minimum atomic E-state index is -0.758. The van der Waals surface area contributed by atoms with Crippen LogP contribution in [0.25, 0.3) is 0 Å². The molecular weight excluding hydrogens is 228 g/mol. The molecule has 0 atom stereocenters. The van der Waals surface area contributed by atoms with E-state index in [-0.39, 0.29) is 0 Å². The molecule has 0 bridgehead atoms. The summed E-state index contributed by atoms with van der Waals surface area (Å²) in [5, 5.41) is 9.12. The molecule has 0 saturated carbocycles. The van der Waals surface area contributed by atoms with Gasteiger partial charge in [0.2, 0.25) is 0 Å². The van der Waals surface area contributed by atoms with Crippen LogP contribution in [0.3, 0.4) is 0 Å². The van der Waals surface area contributed by atoms with E-state index in [0.717, 1.165) is 16.9 Å². The van der Waals surface area contributed by atoms with Crippen LogP contribution < -0.4 is 4.74 Å². The quantitative estimate of drug-likeness (QED) is 0.871. The molecule has 1 N–H and O–H groups in total. The predicted molar refractivity (Wildman–Crippen MR) is 72.2 cm³/mol. The smallest absolute Gasteiger partial charge is 0.309 e. The number of aryl methyl sites for hydroxylation is 3. The Morgan fingerprint density at radius 3 is 2.44 bits per heavy atom. The van der Waals surface area contributed by atoms with E-state index in [0.29, 0.717) is 12.8 Å². The summed E-state index contributed by atoms with van der Waals surface area (Å²) < 4.78 is 5.41. The maximum absolute atomic E-state index is 11.1. The van der Waals surface area contributed by atoms with Gasteiger partial charge in [-0.05, 0) is 51.7 Å². The fourth-order valence-electron chi connectivity index (χ4n) is 2.07. The van der Waals surface area contributed by atoms with Crippen molar-refractivity contribution in [2.24, 2.45) is 5.41 Å². The van der Waals surface area contributed by atoms with E-state index in [1.165, 1.54) is 5.56 Å². The third kappa shape index (κ3) is 3.25. The van der Waals surface area contributed by atoms with Gasteiger partial charge in [0.1, 0.15) is 5.75 Å². The van der Waals surface area contributed by atoms with Crippen LogP contribution in [0, 0.1) is 19.3 Å². The van der Waals surface area contributed by atoms with Crippen molar-refractivity contribution in [2.75, 3.05) is 7.11 Å². The molecule has 0 spiro atoms. The highest BCUT2D eigenvalue weighted by Crippen LogP contribution is 2.30. The van der Waals surface area contributed by atoms with Crippen molar-refractivity contribution in [3.8, 4) is 5.75 Å². The summed E-state index contributed by atoms with van der Waals surface area (Å²) in [6, 6.07) is 4.15. The van der Waals surface area contributed by atoms with Gasteiger partial charge in [0.15, 0.2) is 0 Å². The first kappa shape index (κ1) is 14.6. The normalized spacial score (nSPS) is 11.4. The summed E-state index contributed by atoms with van der Waals surface area (Å²) in [6.07, 6.45) is 1.31. The Bertz CT molecular complexity index is 447. The van der Waals surface area contributed by atoms with Crippen LogP contribution >= 0.6 is 0 Å². The molecule has 0 unspecified atom stereocenters. The van der Waals surface area contributed by atoms with Crippen molar-refractivity contribution in [1.82, 2.24) is 0 Å². The number of methoxy groups -OCH3 is 1. The molecule has 0 aromatic heterocycles. The first-order valence-electron chi connectivity index (χ1n) is 6.15. The van der Waals surface area contributed by atoms with E-state index < -0.39 is 11.4 Å². The highest BCUT2D eigenvalue weighted by molar-refractivity contribution is 5.73. The van der Waals surface area contributed by atoms with E-state index in [2.05, 4.69) is 12.1 Å². The average molecular weight is 250 g/mol. The van der Waals surface area contributed by atoms with Gasteiger partial charge in [0.05, 0.1) is 12.5 Å². The standard InChI is InChI=1S/C15H22O3/c1-10-8-11(2)13(18-5)12(9-10)6-7-15(3,4)14(16)17/h8-9H,6-7H2,1-5H3,(H,16,17). The first-order valence-corrected chi connectivity index (χ1v) is 6.15. The maximum atomic E-state index is 11.1. The van der Waals surface area contributed by atoms with Crippen LogP contribution in [0.5, 0.6) is 5.75 Å². The third-order valence-corrected chi connectivity index (χ3v) is 3.30. The SMILES string of the molecule is COc1c(C)cc(C)cc1CCC(C)(C)C(=O)O. The largest absolute Gasteiger partial charge is 0.496 e. The molecule has 0 saturated heterocycles. The van der Waals surface area contributed by atoms with Crippen LogP contribution in [0.2, 0.25) is 0 Å². The van der Waals surface area contributed by atoms with Gasteiger partial charge >= 0.3 is 5.97 Å². The summed E-state index contributed by atoms with van der Waals surface area (Å²) in [7, 11) is 1.66. The minimum Gasteiger partial charge on any atom is -0.496 e. The van der Waals surface area contributed by atoms with Gasteiger partial charge in [-0.15, -0.1) is 0 Å². The summed E-state index contributed by atoms with van der Waals surface area (Å²) in [6.45, 7) is 7.56. The molecule has 0 heterocycles. The van der Waals surface area contributed by atoms with E-state index in [1.54, 1.807) is 21.0 Å². The molecule has 0 fully saturated rings. The molecule has 3 nitrogen and oxygen atoms in total. The van der Waals surface area contributed by atoms with Crippen molar-refractivity contribution in [2.45, 2.75) is 40.5 Å². The van der Waals surface area contributed by atoms with Gasteiger partial charge in [-0.3, -0.25) is 4.79 Å². The molecule has 1 aromatic carbocycles. The number of carboxylic acids is 1. The van der Waals surface area contributed by atoms with Crippen LogP contribution in [-0.2, 0) is 11.2 Å². The van der Waals surface area contributed by atoms with Gasteiger partial charge in [-0.2, -0.15) is 0 Å². The van der Waals surface area contributed by atoms with Crippen molar-refractivity contribution in [3.63, 3.8) is 0 Å². The second kappa shape index (κ2) is 5.42. The average Bonchev–Trinajstić information content (AvgIpc) is 2.25. The monoisotopic (exact) mass is 250 g/mol. The topological polar surface area (TPSA) is 46.5 Å². The summed E-state index contributed by atoms with van der Waals surface area (Å²) in [5.41, 5.74) is 2.66. The maximum Gasteiger partial charge on any atom is 0.309 e. The van der Waals surface area contributed by atoms with Crippen LogP contribution in [0.1, 0.15) is 37.0 Å². The van der Waals surface area contributed by atoms with Gasteiger partial charge < -0.3 is 9.84 Å². The first-order chi connectivity index (χ1) is 8.27. The van der Waals surface area contributed by atoms with Crippen molar-refractivity contribution in [3.05, 3.63) is 28.8 Å². The molecule has 0 aliphatic carbocycles. The third-order valence-electron chi connectivity index (χ3n) is 3.30. The van der Waals surface area contributed by atoms with Gasteiger partial charge in [-0.25, -0.2) is 0 Å². The summed E-state index contributed by atoms with van der Waals surface area (Å²) >= 11 is 0. The Kier molecular flexibility index (Phi) is 4.38. The highest BCUT2D eigenvalue weighted by Gasteiger charge is 2.27. The van der Waals surface area contributed by atoms with E-state index in [1.807, 2.05) is 13.8 Å². The van der Waals surface area contributed by atoms with Gasteiger partial charge in [-0.1, -0.05) is 17.7 Å². The molecule has 0 amide bonds. The molecule has 0 aliphatic heterocycles.